The number of hydrogen-bond donors (Lipinski definition) is 0. The Hall–Kier alpha value is -3.51. The van der Waals surface area contributed by atoms with Gasteiger partial charge >= 0.3 is 21.1 Å². The summed E-state index contributed by atoms with van der Waals surface area (Å²) in [6.45, 7) is 0. The van der Waals surface area contributed by atoms with Crippen LogP contribution < -0.4 is 20.9 Å². The zero-order chi connectivity index (χ0) is 23.7. The van der Waals surface area contributed by atoms with Gasteiger partial charge in [0.2, 0.25) is 0 Å². The van der Waals surface area contributed by atoms with Crippen molar-refractivity contribution in [3.63, 3.8) is 0 Å². The molecule has 0 N–H and O–H groups in total. The summed E-state index contributed by atoms with van der Waals surface area (Å²) >= 11 is 0. The molecule has 0 radical (unpaired) electrons. The summed E-state index contributed by atoms with van der Waals surface area (Å²) in [7, 11) is -0.877. The zero-order valence-corrected chi connectivity index (χ0v) is 22.8. The topological polar surface area (TPSA) is 31.9 Å². The summed E-state index contributed by atoms with van der Waals surface area (Å²) in [5, 5.41) is 8.48. The quantitative estimate of drug-likeness (QED) is 0.181. The van der Waals surface area contributed by atoms with Gasteiger partial charge in [0.15, 0.2) is 0 Å². The van der Waals surface area contributed by atoms with E-state index < -0.39 is 7.92 Å². The molecule has 0 amide bonds. The molecule has 0 atom stereocenters. The smallest absolute Gasteiger partial charge is 0.708 e. The van der Waals surface area contributed by atoms with Crippen molar-refractivity contribution in [1.29, 1.82) is 0 Å². The summed E-state index contributed by atoms with van der Waals surface area (Å²) < 4.78 is 1.78. The Balaban J connectivity index is 0.000000167. The van der Waals surface area contributed by atoms with Crippen molar-refractivity contribution in [2.24, 2.45) is 0 Å². The first kappa shape index (κ1) is 25.6. The van der Waals surface area contributed by atoms with Gasteiger partial charge in [-0.3, -0.25) is 4.68 Å². The van der Waals surface area contributed by atoms with Crippen LogP contribution in [0.5, 0.6) is 0 Å². The first-order chi connectivity index (χ1) is 17.4. The predicted octanol–water partition coefficient (Wildman–Crippen LogP) is 5.47. The molecule has 0 spiro atoms. The molecule has 0 saturated carbocycles. The van der Waals surface area contributed by atoms with Crippen molar-refractivity contribution >= 4 is 23.8 Å². The van der Waals surface area contributed by atoms with E-state index in [1.54, 1.807) is 17.1 Å². The van der Waals surface area contributed by atoms with Crippen LogP contribution in [0.2, 0.25) is 0 Å². The van der Waals surface area contributed by atoms with E-state index in [0.717, 1.165) is 16.9 Å². The molecule has 36 heavy (non-hydrogen) atoms. The number of hydrogen-bond acceptors (Lipinski definition) is 1. The summed E-state index contributed by atoms with van der Waals surface area (Å²) in [6.07, 6.45) is 5.43. The molecule has 4 aromatic carbocycles. The van der Waals surface area contributed by atoms with Crippen LogP contribution in [0, 0.1) is 6.07 Å². The zero-order valence-electron chi connectivity index (χ0n) is 19.5. The molecule has 3 nitrogen and oxygen atoms in total. The predicted molar refractivity (Wildman–Crippen MR) is 148 cm³/mol. The van der Waals surface area contributed by atoms with Gasteiger partial charge in [-0.25, -0.2) is 5.69 Å². The Bertz CT molecular complexity index is 1280. The van der Waals surface area contributed by atoms with Crippen molar-refractivity contribution in [3.05, 3.63) is 152 Å². The third kappa shape index (κ3) is 6.37. The Morgan fingerprint density at radius 1 is 0.611 bits per heavy atom. The molecule has 0 fully saturated rings. The summed E-state index contributed by atoms with van der Waals surface area (Å²) in [6, 6.07) is 47.5. The minimum absolute atomic E-state index is 0. The SMILES string of the molecule is [Pt+2].[c-]1c(-c2ccc[n-]2)cccc1-n1cccn1.c1ccc([PH+](c2ccccc2)c2ccccc2)cc1. The summed E-state index contributed by atoms with van der Waals surface area (Å²) in [5.41, 5.74) is 2.84. The van der Waals surface area contributed by atoms with Gasteiger partial charge < -0.3 is 4.98 Å². The van der Waals surface area contributed by atoms with Gasteiger partial charge in [-0.15, -0.1) is 30.3 Å². The monoisotopic (exact) mass is 665 g/mol. The Labute approximate surface area is 227 Å². The van der Waals surface area contributed by atoms with Crippen molar-refractivity contribution in [2.45, 2.75) is 0 Å². The minimum atomic E-state index is -0.877. The van der Waals surface area contributed by atoms with Gasteiger partial charge in [0.05, 0.1) is 7.92 Å². The van der Waals surface area contributed by atoms with Crippen molar-refractivity contribution in [2.75, 3.05) is 0 Å². The van der Waals surface area contributed by atoms with E-state index in [4.69, 9.17) is 0 Å². The van der Waals surface area contributed by atoms with E-state index in [0.29, 0.717) is 0 Å². The first-order valence-electron chi connectivity index (χ1n) is 11.5. The maximum absolute atomic E-state index is 4.25. The summed E-state index contributed by atoms with van der Waals surface area (Å²) in [5.74, 6) is 0. The van der Waals surface area contributed by atoms with Gasteiger partial charge in [-0.2, -0.15) is 16.9 Å². The molecule has 178 valence electrons. The molecule has 0 unspecified atom stereocenters. The minimum Gasteiger partial charge on any atom is -0.708 e. The number of nitrogens with zero attached hydrogens (tertiary/aromatic N) is 3. The third-order valence-electron chi connectivity index (χ3n) is 5.55. The molecule has 6 aromatic rings. The van der Waals surface area contributed by atoms with Crippen molar-refractivity contribution in [1.82, 2.24) is 14.8 Å². The number of aromatic nitrogens is 3. The molecule has 6 rings (SSSR count). The van der Waals surface area contributed by atoms with E-state index in [2.05, 4.69) is 107 Å². The Morgan fingerprint density at radius 2 is 1.19 bits per heavy atom. The van der Waals surface area contributed by atoms with Gasteiger partial charge in [0.25, 0.3) is 0 Å². The number of benzene rings is 4. The molecule has 5 heteroatoms. The average molecular weight is 666 g/mol. The van der Waals surface area contributed by atoms with Crippen LogP contribution in [0.3, 0.4) is 0 Å². The van der Waals surface area contributed by atoms with Gasteiger partial charge in [-0.05, 0) is 48.2 Å². The fourth-order valence-corrected chi connectivity index (χ4v) is 6.50. The Morgan fingerprint density at radius 3 is 1.67 bits per heavy atom. The van der Waals surface area contributed by atoms with Crippen LogP contribution in [0.1, 0.15) is 0 Å². The Kier molecular flexibility index (Phi) is 9.22. The largest absolute Gasteiger partial charge is 2.00 e. The molecule has 2 aromatic heterocycles. The van der Waals surface area contributed by atoms with E-state index in [1.807, 2.05) is 42.6 Å². The fraction of sp³-hybridized carbons (Fsp3) is 0. The summed E-state index contributed by atoms with van der Waals surface area (Å²) in [4.78, 5) is 4.25. The van der Waals surface area contributed by atoms with Crippen LogP contribution in [-0.2, 0) is 21.1 Å². The molecule has 0 saturated heterocycles. The molecule has 0 aliphatic heterocycles. The van der Waals surface area contributed by atoms with E-state index in [9.17, 15) is 0 Å². The molecule has 0 bridgehead atoms. The maximum atomic E-state index is 4.25. The van der Waals surface area contributed by atoms with Crippen molar-refractivity contribution < 1.29 is 21.1 Å². The van der Waals surface area contributed by atoms with Gasteiger partial charge in [0.1, 0.15) is 15.9 Å². The average Bonchev–Trinajstić information content (AvgIpc) is 3.67. The second kappa shape index (κ2) is 13.0. The molecular weight excluding hydrogens is 640 g/mol. The second-order valence-corrected chi connectivity index (χ2v) is 10.4. The standard InChI is InChI=1S/C18H15P.C13H9N3.Pt/c1-4-10-16(11-5-1)19(17-12-6-2-7-13-17)18-14-8-3-9-15-18;1-4-11(13-6-2-7-14-13)10-12(5-1)16-9-3-8-15-16;/h1-15H;1-9H;/q;-2;+2/p+1. The van der Waals surface area contributed by atoms with Crippen LogP contribution >= 0.6 is 7.92 Å². The number of rotatable bonds is 5. The third-order valence-corrected chi connectivity index (χ3v) is 8.28. The normalized spacial score (nSPS) is 10.2. The van der Waals surface area contributed by atoms with Crippen molar-refractivity contribution in [3.8, 4) is 16.9 Å². The van der Waals surface area contributed by atoms with Crippen LogP contribution in [0.4, 0.5) is 0 Å². The second-order valence-electron chi connectivity index (χ2n) is 7.90. The van der Waals surface area contributed by atoms with E-state index >= 15 is 0 Å². The molecule has 0 aliphatic rings. The van der Waals surface area contributed by atoms with Crippen LogP contribution in [-0.4, -0.2) is 9.78 Å². The first-order valence-corrected chi connectivity index (χ1v) is 13.0. The molecule has 2 heterocycles. The molecular formula is C31H25N3PPt+. The van der Waals surface area contributed by atoms with E-state index in [1.165, 1.54) is 15.9 Å². The van der Waals surface area contributed by atoms with E-state index in [-0.39, 0.29) is 21.1 Å². The fourth-order valence-electron chi connectivity index (χ4n) is 3.93. The van der Waals surface area contributed by atoms with Gasteiger partial charge in [-0.1, -0.05) is 60.7 Å². The molecule has 0 aliphatic carbocycles. The van der Waals surface area contributed by atoms with Gasteiger partial charge in [0, 0.05) is 12.4 Å². The van der Waals surface area contributed by atoms with Crippen LogP contribution in [0.15, 0.2) is 146 Å². The maximum Gasteiger partial charge on any atom is 2.00 e. The van der Waals surface area contributed by atoms with Crippen LogP contribution in [0.25, 0.3) is 16.9 Å².